The lowest BCUT2D eigenvalue weighted by molar-refractivity contribution is -0.137. The predicted octanol–water partition coefficient (Wildman–Crippen LogP) is 4.94. The van der Waals surface area contributed by atoms with E-state index in [0.29, 0.717) is 50.1 Å². The van der Waals surface area contributed by atoms with Gasteiger partial charge in [-0.15, -0.1) is 0 Å². The molecule has 0 aliphatic carbocycles. The van der Waals surface area contributed by atoms with Crippen LogP contribution >= 0.6 is 0 Å². The largest absolute Gasteiger partial charge is 0.493 e. The van der Waals surface area contributed by atoms with Crippen LogP contribution in [0.2, 0.25) is 0 Å². The first-order chi connectivity index (χ1) is 18.7. The van der Waals surface area contributed by atoms with Crippen molar-refractivity contribution in [2.45, 2.75) is 38.7 Å². The number of carbonyl (C=O) groups is 1. The number of benzene rings is 3. The molecule has 0 radical (unpaired) electrons. The molecule has 0 saturated carbocycles. The predicted molar refractivity (Wildman–Crippen MR) is 147 cm³/mol. The molecule has 0 amide bonds. The Morgan fingerprint density at radius 3 is 2.64 bits per heavy atom. The zero-order valence-electron chi connectivity index (χ0n) is 22.1. The highest BCUT2D eigenvalue weighted by Gasteiger charge is 2.27. The maximum Gasteiger partial charge on any atom is 0.304 e. The summed E-state index contributed by atoms with van der Waals surface area (Å²) in [7, 11) is -3.02. The molecule has 0 saturated heterocycles. The minimum atomic E-state index is -3.02. The quantitative estimate of drug-likeness (QED) is 0.353. The van der Waals surface area contributed by atoms with Crippen molar-refractivity contribution < 1.29 is 37.3 Å². The van der Waals surface area contributed by atoms with E-state index in [4.69, 9.17) is 24.1 Å². The fourth-order valence-corrected chi connectivity index (χ4v) is 5.75. The number of hydrogen-bond donors (Lipinski definition) is 1. The average Bonchev–Trinajstić information content (AvgIpc) is 3.16. The standard InChI is InChI=1S/C30H32O8S/c1-19-12-24(35-9-3-11-39(2,33)34)16-28-30(19)26-13-20(4-5-21(26)8-10-36-28)17-37-23-6-7-25-22(14-29(31)32)18-38-27(25)15-23/h4-7,12-13,15-16,22H,3,8-11,14,17-18H2,1-2H3,(H,31,32)/t22-/m1/s1. The van der Waals surface area contributed by atoms with E-state index in [9.17, 15) is 13.2 Å². The first-order valence-corrected chi connectivity index (χ1v) is 15.0. The zero-order chi connectivity index (χ0) is 27.6. The highest BCUT2D eigenvalue weighted by Crippen LogP contribution is 2.42. The van der Waals surface area contributed by atoms with Crippen molar-refractivity contribution in [1.29, 1.82) is 0 Å². The van der Waals surface area contributed by atoms with Crippen molar-refractivity contribution in [2.24, 2.45) is 0 Å². The maximum absolute atomic E-state index is 11.4. The summed E-state index contributed by atoms with van der Waals surface area (Å²) >= 11 is 0. The van der Waals surface area contributed by atoms with Gasteiger partial charge in [-0.3, -0.25) is 4.79 Å². The van der Waals surface area contributed by atoms with E-state index in [1.807, 2.05) is 37.3 Å². The van der Waals surface area contributed by atoms with Crippen LogP contribution in [0.25, 0.3) is 11.1 Å². The third kappa shape index (κ3) is 6.47. The van der Waals surface area contributed by atoms with E-state index >= 15 is 0 Å². The number of carboxylic acid groups (broad SMARTS) is 1. The van der Waals surface area contributed by atoms with Gasteiger partial charge in [0.05, 0.1) is 32.0 Å². The third-order valence-corrected chi connectivity index (χ3v) is 8.00. The highest BCUT2D eigenvalue weighted by atomic mass is 32.2. The molecule has 2 aliphatic rings. The lowest BCUT2D eigenvalue weighted by Crippen LogP contribution is -2.08. The van der Waals surface area contributed by atoms with Crippen LogP contribution in [0.4, 0.5) is 0 Å². The lowest BCUT2D eigenvalue weighted by atomic mass is 9.93. The normalized spacial score (nSPS) is 15.7. The van der Waals surface area contributed by atoms with Gasteiger partial charge < -0.3 is 24.1 Å². The summed E-state index contributed by atoms with van der Waals surface area (Å²) in [6.45, 7) is 3.61. The Kier molecular flexibility index (Phi) is 7.70. The molecule has 206 valence electrons. The summed E-state index contributed by atoms with van der Waals surface area (Å²) in [5, 5.41) is 9.11. The van der Waals surface area contributed by atoms with E-state index in [1.165, 1.54) is 11.8 Å². The highest BCUT2D eigenvalue weighted by molar-refractivity contribution is 7.90. The summed E-state index contributed by atoms with van der Waals surface area (Å²) in [4.78, 5) is 11.1. The van der Waals surface area contributed by atoms with Gasteiger partial charge in [0.2, 0.25) is 0 Å². The number of aryl methyl sites for hydroxylation is 1. The summed E-state index contributed by atoms with van der Waals surface area (Å²) in [6.07, 6.45) is 2.48. The molecule has 9 heteroatoms. The van der Waals surface area contributed by atoms with Crippen LogP contribution in [0.1, 0.15) is 41.0 Å². The third-order valence-electron chi connectivity index (χ3n) is 6.97. The Labute approximate surface area is 228 Å². The van der Waals surface area contributed by atoms with Gasteiger partial charge in [0.15, 0.2) is 0 Å². The summed E-state index contributed by atoms with van der Waals surface area (Å²) < 4.78 is 46.5. The van der Waals surface area contributed by atoms with Crippen molar-refractivity contribution in [3.05, 3.63) is 70.8 Å². The molecular formula is C30H32O8S. The molecule has 8 nitrogen and oxygen atoms in total. The van der Waals surface area contributed by atoms with Crippen molar-refractivity contribution >= 4 is 15.8 Å². The minimum Gasteiger partial charge on any atom is -0.493 e. The molecule has 5 rings (SSSR count). The Morgan fingerprint density at radius 2 is 1.85 bits per heavy atom. The van der Waals surface area contributed by atoms with Gasteiger partial charge in [0, 0.05) is 41.9 Å². The van der Waals surface area contributed by atoms with Crippen LogP contribution in [-0.2, 0) is 27.7 Å². The average molecular weight is 553 g/mol. The topological polar surface area (TPSA) is 108 Å². The molecule has 0 bridgehead atoms. The second-order valence-electron chi connectivity index (χ2n) is 10.1. The van der Waals surface area contributed by atoms with E-state index in [1.54, 1.807) is 0 Å². The van der Waals surface area contributed by atoms with Gasteiger partial charge in [-0.05, 0) is 53.8 Å². The van der Waals surface area contributed by atoms with Crippen molar-refractivity contribution in [2.75, 3.05) is 31.8 Å². The molecule has 3 aromatic rings. The van der Waals surface area contributed by atoms with Crippen LogP contribution in [0.3, 0.4) is 0 Å². The van der Waals surface area contributed by atoms with E-state index in [2.05, 4.69) is 18.2 Å². The van der Waals surface area contributed by atoms with Crippen LogP contribution in [0.15, 0.2) is 48.5 Å². The van der Waals surface area contributed by atoms with E-state index < -0.39 is 15.8 Å². The molecule has 0 aromatic heterocycles. The monoisotopic (exact) mass is 552 g/mol. The molecule has 39 heavy (non-hydrogen) atoms. The molecule has 3 aromatic carbocycles. The molecule has 1 N–H and O–H groups in total. The Bertz CT molecular complexity index is 1500. The molecular weight excluding hydrogens is 520 g/mol. The number of rotatable bonds is 10. The molecule has 0 fully saturated rings. The molecule has 0 spiro atoms. The van der Waals surface area contributed by atoms with Crippen molar-refractivity contribution in [3.8, 4) is 34.1 Å². The smallest absolute Gasteiger partial charge is 0.304 e. The molecule has 1 atom stereocenters. The number of hydrogen-bond acceptors (Lipinski definition) is 7. The van der Waals surface area contributed by atoms with Crippen LogP contribution in [-0.4, -0.2) is 51.3 Å². The van der Waals surface area contributed by atoms with Gasteiger partial charge >= 0.3 is 5.97 Å². The van der Waals surface area contributed by atoms with Gasteiger partial charge in [-0.25, -0.2) is 8.42 Å². The van der Waals surface area contributed by atoms with Gasteiger partial charge in [-0.2, -0.15) is 0 Å². The number of sulfone groups is 1. The zero-order valence-corrected chi connectivity index (χ0v) is 22.9. The van der Waals surface area contributed by atoms with E-state index in [-0.39, 0.29) is 18.1 Å². The van der Waals surface area contributed by atoms with Crippen LogP contribution in [0, 0.1) is 6.92 Å². The molecule has 2 heterocycles. The minimum absolute atomic E-state index is 0.0454. The SMILES string of the molecule is Cc1cc(OCCCS(C)(=O)=O)cc2c1-c1cc(COc3ccc4c(c3)OC[C@H]4CC(=O)O)ccc1CCO2. The number of ether oxygens (including phenoxy) is 4. The second-order valence-corrected chi connectivity index (χ2v) is 12.4. The summed E-state index contributed by atoms with van der Waals surface area (Å²) in [5.41, 5.74) is 6.23. The fourth-order valence-electron chi connectivity index (χ4n) is 5.10. The number of carboxylic acids is 1. The Hall–Kier alpha value is -3.72. The Morgan fingerprint density at radius 1 is 1.03 bits per heavy atom. The van der Waals surface area contributed by atoms with Gasteiger partial charge in [0.1, 0.15) is 39.4 Å². The first kappa shape index (κ1) is 26.9. The first-order valence-electron chi connectivity index (χ1n) is 13.0. The second kappa shape index (κ2) is 11.2. The van der Waals surface area contributed by atoms with E-state index in [0.717, 1.165) is 40.0 Å². The maximum atomic E-state index is 11.4. The van der Waals surface area contributed by atoms with Crippen LogP contribution in [0.5, 0.6) is 23.0 Å². The van der Waals surface area contributed by atoms with Crippen molar-refractivity contribution in [3.63, 3.8) is 0 Å². The Balaban J connectivity index is 1.31. The van der Waals surface area contributed by atoms with Gasteiger partial charge in [-0.1, -0.05) is 18.2 Å². The molecule has 2 aliphatic heterocycles. The molecule has 0 unspecified atom stereocenters. The summed E-state index contributed by atoms with van der Waals surface area (Å²) in [5.74, 6) is 1.86. The van der Waals surface area contributed by atoms with Crippen LogP contribution < -0.4 is 18.9 Å². The number of aliphatic carboxylic acids is 1. The number of fused-ring (bicyclic) bond motifs is 4. The lowest BCUT2D eigenvalue weighted by Gasteiger charge is -2.16. The fraction of sp³-hybridized carbons (Fsp3) is 0.367. The van der Waals surface area contributed by atoms with Gasteiger partial charge in [0.25, 0.3) is 0 Å². The van der Waals surface area contributed by atoms with Crippen molar-refractivity contribution in [1.82, 2.24) is 0 Å². The summed E-state index contributed by atoms with van der Waals surface area (Å²) in [6, 6.07) is 15.7.